The van der Waals surface area contributed by atoms with E-state index in [0.717, 1.165) is 25.7 Å². The van der Waals surface area contributed by atoms with Gasteiger partial charge in [-0.15, -0.1) is 0 Å². The fraction of sp³-hybridized carbons (Fsp3) is 0.615. The first-order chi connectivity index (χ1) is 10.1. The van der Waals surface area contributed by atoms with Gasteiger partial charge in [0.2, 0.25) is 0 Å². The summed E-state index contributed by atoms with van der Waals surface area (Å²) in [6.07, 6.45) is 4.08. The number of aromatic amines is 1. The predicted molar refractivity (Wildman–Crippen MR) is 76.0 cm³/mol. The molecule has 0 radical (unpaired) electrons. The molecule has 1 saturated carbocycles. The van der Waals surface area contributed by atoms with Gasteiger partial charge in [-0.05, 0) is 36.7 Å². The van der Waals surface area contributed by atoms with Crippen LogP contribution in [0.3, 0.4) is 0 Å². The zero-order valence-corrected chi connectivity index (χ0v) is 11.7. The molecule has 4 N–H and O–H groups in total. The van der Waals surface area contributed by atoms with E-state index >= 15 is 0 Å². The van der Waals surface area contributed by atoms with E-state index in [0.29, 0.717) is 13.2 Å². The van der Waals surface area contributed by atoms with Gasteiger partial charge in [-0.25, -0.2) is 4.98 Å². The number of nitro groups is 1. The average molecular weight is 296 g/mol. The van der Waals surface area contributed by atoms with Crippen LogP contribution in [0, 0.1) is 10.1 Å². The highest BCUT2D eigenvalue weighted by atomic mass is 16.6. The molecule has 0 atom stereocenters. The van der Waals surface area contributed by atoms with Gasteiger partial charge >= 0.3 is 5.82 Å². The van der Waals surface area contributed by atoms with Crippen molar-refractivity contribution in [3.05, 3.63) is 27.9 Å². The van der Waals surface area contributed by atoms with Gasteiger partial charge in [0.25, 0.3) is 5.91 Å². The van der Waals surface area contributed by atoms with Gasteiger partial charge in [-0.1, -0.05) is 0 Å². The summed E-state index contributed by atoms with van der Waals surface area (Å²) in [6.45, 7) is 0.794. The number of amides is 1. The lowest BCUT2D eigenvalue weighted by atomic mass is 9.94. The van der Waals surface area contributed by atoms with Crippen LogP contribution >= 0.6 is 0 Å². The van der Waals surface area contributed by atoms with E-state index in [-0.39, 0.29) is 29.6 Å². The molecule has 2 rings (SSSR count). The highest BCUT2D eigenvalue weighted by Crippen LogP contribution is 2.19. The number of nitrogens with zero attached hydrogens (tertiary/aromatic N) is 1. The van der Waals surface area contributed by atoms with Gasteiger partial charge in [0.05, 0.1) is 12.7 Å². The van der Waals surface area contributed by atoms with Crippen LogP contribution < -0.4 is 11.1 Å². The fourth-order valence-corrected chi connectivity index (χ4v) is 2.36. The second-order valence-electron chi connectivity index (χ2n) is 5.18. The van der Waals surface area contributed by atoms with Crippen LogP contribution in [0.1, 0.15) is 36.2 Å². The van der Waals surface area contributed by atoms with E-state index in [1.165, 1.54) is 12.1 Å². The maximum Gasteiger partial charge on any atom is 0.321 e. The van der Waals surface area contributed by atoms with Crippen LogP contribution in [-0.4, -0.2) is 41.1 Å². The Hall–Kier alpha value is -1.93. The Kier molecular flexibility index (Phi) is 5.29. The Morgan fingerprint density at radius 2 is 2.14 bits per heavy atom. The molecule has 1 aromatic rings. The average Bonchev–Trinajstić information content (AvgIpc) is 2.95. The molecule has 0 saturated heterocycles. The molecule has 0 spiro atoms. The topological polar surface area (TPSA) is 123 Å². The SMILES string of the molecule is NC1CCC(OCCNC(=O)c2ccc([N+](=O)[O-])[nH]2)CC1. The molecule has 1 fully saturated rings. The predicted octanol–water partition coefficient (Wildman–Crippen LogP) is 0.939. The lowest BCUT2D eigenvalue weighted by molar-refractivity contribution is -0.389. The summed E-state index contributed by atoms with van der Waals surface area (Å²) < 4.78 is 5.67. The third-order valence-electron chi connectivity index (χ3n) is 3.57. The number of aromatic nitrogens is 1. The van der Waals surface area contributed by atoms with Crippen molar-refractivity contribution in [3.63, 3.8) is 0 Å². The molecule has 1 amide bonds. The lowest BCUT2D eigenvalue weighted by Crippen LogP contribution is -2.33. The summed E-state index contributed by atoms with van der Waals surface area (Å²) in [5, 5.41) is 13.2. The van der Waals surface area contributed by atoms with E-state index in [1.807, 2.05) is 0 Å². The summed E-state index contributed by atoms with van der Waals surface area (Å²) in [7, 11) is 0. The number of ether oxygens (including phenoxy) is 1. The summed E-state index contributed by atoms with van der Waals surface area (Å²) in [6, 6.07) is 2.93. The molecule has 1 aromatic heterocycles. The monoisotopic (exact) mass is 296 g/mol. The van der Waals surface area contributed by atoms with E-state index in [9.17, 15) is 14.9 Å². The van der Waals surface area contributed by atoms with Gasteiger partial charge in [0, 0.05) is 18.7 Å². The molecule has 1 aliphatic carbocycles. The Morgan fingerprint density at radius 3 is 2.76 bits per heavy atom. The molecular formula is C13H20N4O4. The van der Waals surface area contributed by atoms with Crippen molar-refractivity contribution in [2.45, 2.75) is 37.8 Å². The number of hydrogen-bond donors (Lipinski definition) is 3. The molecule has 8 nitrogen and oxygen atoms in total. The van der Waals surface area contributed by atoms with Crippen molar-refractivity contribution in [1.29, 1.82) is 0 Å². The van der Waals surface area contributed by atoms with Gasteiger partial charge < -0.3 is 25.9 Å². The standard InChI is InChI=1S/C13H20N4O4/c14-9-1-3-10(4-2-9)21-8-7-15-13(18)11-5-6-12(16-11)17(19)20/h5-6,9-10,16H,1-4,7-8,14H2,(H,15,18). The Bertz CT molecular complexity index is 494. The summed E-state index contributed by atoms with van der Waals surface area (Å²) in [4.78, 5) is 24.1. The van der Waals surface area contributed by atoms with Crippen molar-refractivity contribution < 1.29 is 14.5 Å². The van der Waals surface area contributed by atoms with Crippen molar-refractivity contribution in [1.82, 2.24) is 10.3 Å². The number of carbonyl (C=O) groups is 1. The zero-order valence-electron chi connectivity index (χ0n) is 11.7. The molecule has 21 heavy (non-hydrogen) atoms. The number of nitrogens with two attached hydrogens (primary N) is 1. The third kappa shape index (κ3) is 4.54. The van der Waals surface area contributed by atoms with Crippen molar-refractivity contribution in [3.8, 4) is 0 Å². The Labute approximate surface area is 122 Å². The smallest absolute Gasteiger partial charge is 0.321 e. The van der Waals surface area contributed by atoms with Crippen LogP contribution in [0.15, 0.2) is 12.1 Å². The van der Waals surface area contributed by atoms with Crippen LogP contribution in [0.5, 0.6) is 0 Å². The highest BCUT2D eigenvalue weighted by molar-refractivity contribution is 5.92. The summed E-state index contributed by atoms with van der Waals surface area (Å²) in [5.74, 6) is -0.577. The molecule has 1 heterocycles. The lowest BCUT2D eigenvalue weighted by Gasteiger charge is -2.26. The minimum Gasteiger partial charge on any atom is -0.376 e. The zero-order chi connectivity index (χ0) is 15.2. The molecule has 0 bridgehead atoms. The minimum atomic E-state index is -0.576. The maximum atomic E-state index is 11.7. The van der Waals surface area contributed by atoms with Gasteiger partial charge in [0.15, 0.2) is 5.69 Å². The van der Waals surface area contributed by atoms with Crippen LogP contribution in [0.4, 0.5) is 5.82 Å². The van der Waals surface area contributed by atoms with Gasteiger partial charge in [0.1, 0.15) is 0 Å². The van der Waals surface area contributed by atoms with E-state index < -0.39 is 4.92 Å². The largest absolute Gasteiger partial charge is 0.376 e. The van der Waals surface area contributed by atoms with Crippen LogP contribution in [0.25, 0.3) is 0 Å². The fourth-order valence-electron chi connectivity index (χ4n) is 2.36. The maximum absolute atomic E-state index is 11.7. The minimum absolute atomic E-state index is 0.172. The Morgan fingerprint density at radius 1 is 1.43 bits per heavy atom. The first-order valence-corrected chi connectivity index (χ1v) is 7.05. The molecule has 0 unspecified atom stereocenters. The molecule has 1 aliphatic rings. The number of carbonyl (C=O) groups excluding carboxylic acids is 1. The van der Waals surface area contributed by atoms with Crippen molar-refractivity contribution >= 4 is 11.7 Å². The second kappa shape index (κ2) is 7.19. The number of rotatable bonds is 6. The normalized spacial score (nSPS) is 22.0. The van der Waals surface area contributed by atoms with Gasteiger partial charge in [-0.3, -0.25) is 4.79 Å². The highest BCUT2D eigenvalue weighted by Gasteiger charge is 2.19. The molecule has 0 aliphatic heterocycles. The van der Waals surface area contributed by atoms with Crippen LogP contribution in [-0.2, 0) is 4.74 Å². The third-order valence-corrected chi connectivity index (χ3v) is 3.57. The summed E-state index contributed by atoms with van der Waals surface area (Å²) >= 11 is 0. The number of nitrogens with one attached hydrogen (secondary N) is 2. The molecular weight excluding hydrogens is 276 g/mol. The van der Waals surface area contributed by atoms with Crippen LogP contribution in [0.2, 0.25) is 0 Å². The van der Waals surface area contributed by atoms with Crippen molar-refractivity contribution in [2.24, 2.45) is 5.73 Å². The first kappa shape index (κ1) is 15.5. The number of H-pyrrole nitrogens is 1. The molecule has 116 valence electrons. The molecule has 0 aromatic carbocycles. The molecule has 8 heteroatoms. The quantitative estimate of drug-likeness (QED) is 0.409. The Balaban J connectivity index is 1.66. The first-order valence-electron chi connectivity index (χ1n) is 7.05. The van der Waals surface area contributed by atoms with E-state index in [1.54, 1.807) is 0 Å². The number of hydrogen-bond acceptors (Lipinski definition) is 5. The van der Waals surface area contributed by atoms with Crippen molar-refractivity contribution in [2.75, 3.05) is 13.2 Å². The second-order valence-corrected chi connectivity index (χ2v) is 5.18. The summed E-state index contributed by atoms with van der Waals surface area (Å²) in [5.41, 5.74) is 5.99. The van der Waals surface area contributed by atoms with Gasteiger partial charge in [-0.2, -0.15) is 0 Å². The van der Waals surface area contributed by atoms with E-state index in [4.69, 9.17) is 10.5 Å². The van der Waals surface area contributed by atoms with E-state index in [2.05, 4.69) is 10.3 Å².